The fourth-order valence-electron chi connectivity index (χ4n) is 2.18. The van der Waals surface area contributed by atoms with Crippen LogP contribution in [0.25, 0.3) is 0 Å². The molecule has 1 saturated carbocycles. The molecule has 1 aliphatic carbocycles. The maximum atomic E-state index is 12.3. The van der Waals surface area contributed by atoms with Crippen LogP contribution < -0.4 is 10.1 Å². The van der Waals surface area contributed by atoms with Crippen LogP contribution in [-0.4, -0.2) is 30.0 Å². The molecular weight excluding hydrogens is 287 g/mol. The van der Waals surface area contributed by atoms with E-state index in [4.69, 9.17) is 5.11 Å². The lowest BCUT2D eigenvalue weighted by Crippen LogP contribution is -2.37. The maximum absolute atomic E-state index is 12.3. The van der Waals surface area contributed by atoms with Crippen molar-refractivity contribution in [1.29, 1.82) is 0 Å². The van der Waals surface area contributed by atoms with E-state index in [9.17, 15) is 18.0 Å². The number of halogens is 3. The molecule has 1 aromatic rings. The summed E-state index contributed by atoms with van der Waals surface area (Å²) in [7, 11) is 0. The van der Waals surface area contributed by atoms with Gasteiger partial charge in [0.2, 0.25) is 0 Å². The largest absolute Gasteiger partial charge is 0.573 e. The van der Waals surface area contributed by atoms with E-state index in [1.165, 1.54) is 18.2 Å². The van der Waals surface area contributed by atoms with E-state index in [0.717, 1.165) is 18.9 Å². The molecule has 7 heteroatoms. The molecule has 1 unspecified atom stereocenters. The highest BCUT2D eigenvalue weighted by Crippen LogP contribution is 2.34. The fourth-order valence-corrected chi connectivity index (χ4v) is 2.18. The van der Waals surface area contributed by atoms with E-state index < -0.39 is 18.0 Å². The Balaban J connectivity index is 2.11. The van der Waals surface area contributed by atoms with Crippen LogP contribution in [0, 0.1) is 5.92 Å². The van der Waals surface area contributed by atoms with Crippen LogP contribution in [0.2, 0.25) is 0 Å². The average molecular weight is 303 g/mol. The number of nitrogens with one attached hydrogen (secondary N) is 1. The second kappa shape index (κ2) is 6.34. The van der Waals surface area contributed by atoms with Gasteiger partial charge in [-0.1, -0.05) is 12.1 Å². The number of aliphatic hydroxyl groups excluding tert-OH is 1. The summed E-state index contributed by atoms with van der Waals surface area (Å²) in [5, 5.41) is 11.7. The Bertz CT molecular complexity index is 500. The van der Waals surface area contributed by atoms with E-state index in [1.807, 2.05) is 0 Å². The number of ether oxygens (including phenoxy) is 1. The zero-order valence-electron chi connectivity index (χ0n) is 11.2. The molecule has 0 heterocycles. The van der Waals surface area contributed by atoms with E-state index in [2.05, 4.69) is 10.1 Å². The summed E-state index contributed by atoms with van der Waals surface area (Å²) >= 11 is 0. The number of alkyl halides is 3. The number of hydrogen-bond donors (Lipinski definition) is 2. The summed E-state index contributed by atoms with van der Waals surface area (Å²) in [6, 6.07) is 4.99. The first-order valence-electron chi connectivity index (χ1n) is 6.67. The van der Waals surface area contributed by atoms with E-state index in [-0.39, 0.29) is 24.1 Å². The Morgan fingerprint density at radius 3 is 2.62 bits per heavy atom. The van der Waals surface area contributed by atoms with Crippen LogP contribution in [0.1, 0.15) is 29.6 Å². The van der Waals surface area contributed by atoms with E-state index >= 15 is 0 Å². The van der Waals surface area contributed by atoms with Crippen LogP contribution >= 0.6 is 0 Å². The van der Waals surface area contributed by atoms with Gasteiger partial charge in [-0.15, -0.1) is 13.2 Å². The first-order chi connectivity index (χ1) is 9.90. The van der Waals surface area contributed by atoms with Crippen molar-refractivity contribution < 1.29 is 27.8 Å². The van der Waals surface area contributed by atoms with Crippen molar-refractivity contribution in [2.24, 2.45) is 5.92 Å². The number of amides is 1. The minimum Gasteiger partial charge on any atom is -0.405 e. The van der Waals surface area contributed by atoms with Crippen molar-refractivity contribution >= 4 is 5.91 Å². The predicted octanol–water partition coefficient (Wildman–Crippen LogP) is 2.48. The van der Waals surface area contributed by atoms with Gasteiger partial charge in [-0.05, 0) is 37.3 Å². The summed E-state index contributed by atoms with van der Waals surface area (Å²) in [4.78, 5) is 12.1. The Labute approximate surface area is 119 Å². The minimum absolute atomic E-state index is 0.0812. The minimum atomic E-state index is -4.85. The quantitative estimate of drug-likeness (QED) is 0.849. The van der Waals surface area contributed by atoms with E-state index in [0.29, 0.717) is 6.42 Å². The van der Waals surface area contributed by atoms with Crippen molar-refractivity contribution in [3.05, 3.63) is 29.8 Å². The van der Waals surface area contributed by atoms with Gasteiger partial charge in [0, 0.05) is 12.6 Å². The van der Waals surface area contributed by atoms with Crippen molar-refractivity contribution in [3.63, 3.8) is 0 Å². The normalized spacial score (nSPS) is 16.4. The summed E-state index contributed by atoms with van der Waals surface area (Å²) in [6.07, 6.45) is -2.56. The molecule has 2 N–H and O–H groups in total. The first-order valence-corrected chi connectivity index (χ1v) is 6.67. The molecule has 1 aliphatic rings. The molecule has 21 heavy (non-hydrogen) atoms. The number of benzene rings is 1. The maximum Gasteiger partial charge on any atom is 0.573 e. The summed E-state index contributed by atoms with van der Waals surface area (Å²) in [5.74, 6) is -0.863. The Kier molecular flexibility index (Phi) is 4.72. The first kappa shape index (κ1) is 15.6. The molecule has 0 spiro atoms. The molecule has 0 saturated heterocycles. The molecule has 1 atom stereocenters. The van der Waals surface area contributed by atoms with Gasteiger partial charge in [-0.25, -0.2) is 0 Å². The number of para-hydroxylation sites is 1. The fraction of sp³-hybridized carbons (Fsp3) is 0.500. The zero-order valence-corrected chi connectivity index (χ0v) is 11.2. The van der Waals surface area contributed by atoms with Crippen LogP contribution in [0.4, 0.5) is 13.2 Å². The van der Waals surface area contributed by atoms with E-state index in [1.54, 1.807) is 0 Å². The van der Waals surface area contributed by atoms with Gasteiger partial charge >= 0.3 is 6.36 Å². The third-order valence-corrected chi connectivity index (χ3v) is 3.31. The van der Waals surface area contributed by atoms with Gasteiger partial charge in [0.05, 0.1) is 5.56 Å². The molecule has 1 fully saturated rings. The van der Waals surface area contributed by atoms with Gasteiger partial charge in [0.15, 0.2) is 0 Å². The Morgan fingerprint density at radius 2 is 2.05 bits per heavy atom. The number of carbonyl (C=O) groups excluding carboxylic acids is 1. The number of carbonyl (C=O) groups is 1. The third-order valence-electron chi connectivity index (χ3n) is 3.31. The van der Waals surface area contributed by atoms with Gasteiger partial charge in [-0.2, -0.15) is 0 Å². The van der Waals surface area contributed by atoms with Gasteiger partial charge in [-0.3, -0.25) is 4.79 Å². The lowest BCUT2D eigenvalue weighted by Gasteiger charge is -2.18. The highest BCUT2D eigenvalue weighted by molar-refractivity contribution is 5.97. The van der Waals surface area contributed by atoms with Crippen molar-refractivity contribution in [3.8, 4) is 5.75 Å². The summed E-state index contributed by atoms with van der Waals surface area (Å²) in [5.41, 5.74) is -0.168. The lowest BCUT2D eigenvalue weighted by molar-refractivity contribution is -0.274. The molecule has 4 nitrogen and oxygen atoms in total. The molecular formula is C14H16F3NO3. The molecule has 116 valence electrons. The second-order valence-corrected chi connectivity index (χ2v) is 4.97. The summed E-state index contributed by atoms with van der Waals surface area (Å²) in [6.45, 7) is -0.0812. The molecule has 0 bridgehead atoms. The average Bonchev–Trinajstić information content (AvgIpc) is 3.21. The molecule has 0 aromatic heterocycles. The highest BCUT2D eigenvalue weighted by atomic mass is 19.4. The molecule has 1 aromatic carbocycles. The summed E-state index contributed by atoms with van der Waals surface area (Å²) < 4.78 is 40.8. The van der Waals surface area contributed by atoms with Crippen molar-refractivity contribution in [2.45, 2.75) is 31.7 Å². The Morgan fingerprint density at radius 1 is 1.38 bits per heavy atom. The van der Waals surface area contributed by atoms with Crippen LogP contribution in [0.15, 0.2) is 24.3 Å². The Hall–Kier alpha value is -1.76. The van der Waals surface area contributed by atoms with Crippen LogP contribution in [0.3, 0.4) is 0 Å². The monoisotopic (exact) mass is 303 g/mol. The lowest BCUT2D eigenvalue weighted by atomic mass is 10.1. The molecule has 0 aliphatic heterocycles. The number of rotatable bonds is 6. The van der Waals surface area contributed by atoms with Crippen molar-refractivity contribution in [2.75, 3.05) is 6.61 Å². The standard InChI is InChI=1S/C14H16F3NO3/c15-14(16,17)21-12-4-2-1-3-10(12)13(20)18-11(7-8-19)9-5-6-9/h1-4,9,11,19H,5-8H2,(H,18,20). The highest BCUT2D eigenvalue weighted by Gasteiger charge is 2.35. The molecule has 0 radical (unpaired) electrons. The SMILES string of the molecule is O=C(NC(CCO)C1CC1)c1ccccc1OC(F)(F)F. The van der Waals surface area contributed by atoms with Gasteiger partial charge in [0.1, 0.15) is 5.75 Å². The second-order valence-electron chi connectivity index (χ2n) is 4.97. The van der Waals surface area contributed by atoms with Crippen LogP contribution in [-0.2, 0) is 0 Å². The smallest absolute Gasteiger partial charge is 0.405 e. The predicted molar refractivity (Wildman–Crippen MR) is 68.8 cm³/mol. The zero-order chi connectivity index (χ0) is 15.5. The number of hydrogen-bond acceptors (Lipinski definition) is 3. The molecule has 2 rings (SSSR count). The molecule has 1 amide bonds. The number of aliphatic hydroxyl groups is 1. The topological polar surface area (TPSA) is 58.6 Å². The van der Waals surface area contributed by atoms with Gasteiger partial charge in [0.25, 0.3) is 5.91 Å². The van der Waals surface area contributed by atoms with Gasteiger partial charge < -0.3 is 15.2 Å². The van der Waals surface area contributed by atoms with Crippen molar-refractivity contribution in [1.82, 2.24) is 5.32 Å². The van der Waals surface area contributed by atoms with Crippen LogP contribution in [0.5, 0.6) is 5.75 Å². The third kappa shape index (κ3) is 4.63.